The fourth-order valence-electron chi connectivity index (χ4n) is 2.39. The second-order valence-electron chi connectivity index (χ2n) is 5.76. The molecular formula is C20H15FN2O2S2. The van der Waals surface area contributed by atoms with E-state index >= 15 is 0 Å². The Bertz CT molecular complexity index is 954. The number of rotatable bonds is 4. The van der Waals surface area contributed by atoms with Crippen LogP contribution in [0.4, 0.5) is 4.39 Å². The van der Waals surface area contributed by atoms with Gasteiger partial charge in [0.2, 0.25) is 0 Å². The van der Waals surface area contributed by atoms with Gasteiger partial charge in [0.15, 0.2) is 4.32 Å². The first-order valence-corrected chi connectivity index (χ1v) is 9.24. The average molecular weight is 398 g/mol. The van der Waals surface area contributed by atoms with E-state index in [9.17, 15) is 14.0 Å². The summed E-state index contributed by atoms with van der Waals surface area (Å²) in [5.74, 6) is -1.38. The van der Waals surface area contributed by atoms with E-state index in [1.807, 2.05) is 43.3 Å². The molecule has 27 heavy (non-hydrogen) atoms. The van der Waals surface area contributed by atoms with Gasteiger partial charge < -0.3 is 0 Å². The molecule has 0 atom stereocenters. The lowest BCUT2D eigenvalue weighted by molar-refractivity contribution is -0.123. The Balaban J connectivity index is 1.73. The lowest BCUT2D eigenvalue weighted by Gasteiger charge is -2.15. The van der Waals surface area contributed by atoms with Crippen LogP contribution in [0.25, 0.3) is 6.08 Å². The average Bonchev–Trinajstić information content (AvgIpc) is 2.90. The Hall–Kier alpha value is -2.77. The lowest BCUT2D eigenvalue weighted by Crippen LogP contribution is -2.44. The zero-order valence-corrected chi connectivity index (χ0v) is 15.9. The summed E-state index contributed by atoms with van der Waals surface area (Å²) in [5, 5.41) is 1.04. The second-order valence-corrected chi connectivity index (χ2v) is 7.44. The Kier molecular flexibility index (Phi) is 5.83. The van der Waals surface area contributed by atoms with Crippen molar-refractivity contribution < 1.29 is 14.0 Å². The number of carbonyl (C=O) groups excluding carboxylic acids is 2. The van der Waals surface area contributed by atoms with E-state index in [-0.39, 0.29) is 9.88 Å². The molecule has 3 rings (SSSR count). The quantitative estimate of drug-likeness (QED) is 0.616. The van der Waals surface area contributed by atoms with Gasteiger partial charge in [0.1, 0.15) is 5.82 Å². The number of thiocarbonyl (C=S) groups is 1. The van der Waals surface area contributed by atoms with E-state index in [1.54, 1.807) is 6.08 Å². The molecule has 0 unspecified atom stereocenters. The van der Waals surface area contributed by atoms with Crippen molar-refractivity contribution in [1.82, 2.24) is 10.4 Å². The van der Waals surface area contributed by atoms with Crippen LogP contribution in [0.1, 0.15) is 22.8 Å². The number of hydrogen-bond acceptors (Lipinski definition) is 4. The van der Waals surface area contributed by atoms with Gasteiger partial charge in [-0.25, -0.2) is 4.39 Å². The Morgan fingerprint density at radius 3 is 2.48 bits per heavy atom. The summed E-state index contributed by atoms with van der Waals surface area (Å²) in [6.07, 6.45) is 3.68. The van der Waals surface area contributed by atoms with Crippen molar-refractivity contribution in [3.8, 4) is 0 Å². The van der Waals surface area contributed by atoms with Crippen LogP contribution in [-0.2, 0) is 4.79 Å². The minimum absolute atomic E-state index is 0.231. The molecule has 1 saturated heterocycles. The third kappa shape index (κ3) is 4.69. The maximum atomic E-state index is 13.0. The number of nitrogens with one attached hydrogen (secondary N) is 1. The highest BCUT2D eigenvalue weighted by molar-refractivity contribution is 8.26. The molecule has 0 aliphatic carbocycles. The fourth-order valence-corrected chi connectivity index (χ4v) is 3.62. The van der Waals surface area contributed by atoms with E-state index < -0.39 is 17.6 Å². The van der Waals surface area contributed by atoms with Gasteiger partial charge >= 0.3 is 0 Å². The summed E-state index contributed by atoms with van der Waals surface area (Å²) in [4.78, 5) is 25.2. The van der Waals surface area contributed by atoms with Crippen LogP contribution >= 0.6 is 24.0 Å². The Morgan fingerprint density at radius 2 is 1.81 bits per heavy atom. The van der Waals surface area contributed by atoms with Crippen LogP contribution in [0.5, 0.6) is 0 Å². The predicted octanol–water partition coefficient (Wildman–Crippen LogP) is 4.32. The molecule has 2 aromatic carbocycles. The zero-order chi connectivity index (χ0) is 19.4. The van der Waals surface area contributed by atoms with Crippen LogP contribution in [0.2, 0.25) is 0 Å². The molecule has 0 aromatic heterocycles. The molecule has 1 N–H and O–H groups in total. The van der Waals surface area contributed by atoms with E-state index in [0.717, 1.165) is 27.9 Å². The van der Waals surface area contributed by atoms with Crippen molar-refractivity contribution in [3.05, 3.63) is 88.1 Å². The van der Waals surface area contributed by atoms with E-state index in [1.165, 1.54) is 24.3 Å². The summed E-state index contributed by atoms with van der Waals surface area (Å²) in [6.45, 7) is 1.89. The third-order valence-electron chi connectivity index (χ3n) is 3.67. The van der Waals surface area contributed by atoms with Crippen molar-refractivity contribution in [2.75, 3.05) is 0 Å². The Labute approximate surface area is 165 Å². The molecule has 1 aliphatic heterocycles. The van der Waals surface area contributed by atoms with Gasteiger partial charge in [0.25, 0.3) is 11.8 Å². The highest BCUT2D eigenvalue weighted by Gasteiger charge is 2.33. The summed E-state index contributed by atoms with van der Waals surface area (Å²) >= 11 is 6.31. The van der Waals surface area contributed by atoms with Crippen LogP contribution in [0.3, 0.4) is 0 Å². The van der Waals surface area contributed by atoms with Gasteiger partial charge in [-0.2, -0.15) is 5.01 Å². The predicted molar refractivity (Wildman–Crippen MR) is 109 cm³/mol. The molecule has 1 fully saturated rings. The van der Waals surface area contributed by atoms with Gasteiger partial charge in [-0.15, -0.1) is 0 Å². The van der Waals surface area contributed by atoms with Crippen LogP contribution in [0, 0.1) is 5.82 Å². The van der Waals surface area contributed by atoms with Gasteiger partial charge in [0.05, 0.1) is 4.91 Å². The van der Waals surface area contributed by atoms with E-state index in [4.69, 9.17) is 12.2 Å². The molecular weight excluding hydrogens is 383 g/mol. The number of carbonyl (C=O) groups is 2. The first kappa shape index (κ1) is 19.0. The highest BCUT2D eigenvalue weighted by atomic mass is 32.2. The maximum absolute atomic E-state index is 13.0. The fraction of sp³-hybridized carbons (Fsp3) is 0.0500. The molecule has 7 heteroatoms. The van der Waals surface area contributed by atoms with E-state index in [2.05, 4.69) is 5.43 Å². The lowest BCUT2D eigenvalue weighted by atomic mass is 10.1. The number of halogens is 1. The number of amides is 2. The van der Waals surface area contributed by atoms with Crippen LogP contribution < -0.4 is 5.43 Å². The molecule has 2 aromatic rings. The zero-order valence-electron chi connectivity index (χ0n) is 14.3. The molecule has 2 amide bonds. The van der Waals surface area contributed by atoms with Gasteiger partial charge in [-0.1, -0.05) is 48.2 Å². The molecule has 136 valence electrons. The van der Waals surface area contributed by atoms with Crippen molar-refractivity contribution in [2.45, 2.75) is 6.92 Å². The number of thioether (sulfide) groups is 1. The smallest absolute Gasteiger partial charge is 0.267 e. The number of hydrazine groups is 1. The monoisotopic (exact) mass is 398 g/mol. The standard InChI is InChI=1S/C20H15FN2O2S2/c1-13(11-14-5-3-2-4-6-14)12-17-19(25)23(20(26)27-17)22-18(24)15-7-9-16(21)10-8-15/h2-12H,1H3,(H,22,24)/b13-11-,17-12+. The first-order valence-electron chi connectivity index (χ1n) is 8.02. The van der Waals surface area contributed by atoms with Crippen molar-refractivity contribution in [2.24, 2.45) is 0 Å². The SMILES string of the molecule is CC(=C/c1ccccc1)/C=C1/SC(=S)N(NC(=O)c2ccc(F)cc2)C1=O. The molecule has 1 heterocycles. The normalized spacial score (nSPS) is 16.1. The number of allylic oxidation sites excluding steroid dienone is 2. The van der Waals surface area contributed by atoms with Crippen LogP contribution in [0.15, 0.2) is 71.2 Å². The molecule has 0 saturated carbocycles. The maximum Gasteiger partial charge on any atom is 0.285 e. The van der Waals surface area contributed by atoms with Crippen LogP contribution in [-0.4, -0.2) is 21.1 Å². The molecule has 0 radical (unpaired) electrons. The summed E-state index contributed by atoms with van der Waals surface area (Å²) in [6, 6.07) is 14.8. The van der Waals surface area contributed by atoms with Crippen molar-refractivity contribution in [3.63, 3.8) is 0 Å². The molecule has 0 spiro atoms. The van der Waals surface area contributed by atoms with Gasteiger partial charge in [-0.3, -0.25) is 15.0 Å². The van der Waals surface area contributed by atoms with Crippen molar-refractivity contribution >= 4 is 46.2 Å². The largest absolute Gasteiger partial charge is 0.285 e. The van der Waals surface area contributed by atoms with Gasteiger partial charge in [-0.05, 0) is 60.6 Å². The third-order valence-corrected chi connectivity index (χ3v) is 4.97. The second kappa shape index (κ2) is 8.28. The number of nitrogens with zero attached hydrogens (tertiary/aromatic N) is 1. The summed E-state index contributed by atoms with van der Waals surface area (Å²) < 4.78 is 13.2. The number of benzene rings is 2. The number of hydrogen-bond donors (Lipinski definition) is 1. The van der Waals surface area contributed by atoms with E-state index in [0.29, 0.717) is 4.91 Å². The Morgan fingerprint density at radius 1 is 1.15 bits per heavy atom. The summed E-state index contributed by atoms with van der Waals surface area (Å²) in [5.41, 5.74) is 4.60. The minimum atomic E-state index is -0.538. The highest BCUT2D eigenvalue weighted by Crippen LogP contribution is 2.31. The topological polar surface area (TPSA) is 49.4 Å². The van der Waals surface area contributed by atoms with Gasteiger partial charge in [0, 0.05) is 5.56 Å². The minimum Gasteiger partial charge on any atom is -0.267 e. The van der Waals surface area contributed by atoms with Crippen molar-refractivity contribution in [1.29, 1.82) is 0 Å². The summed E-state index contributed by atoms with van der Waals surface area (Å²) in [7, 11) is 0. The first-order chi connectivity index (χ1) is 12.9. The molecule has 1 aliphatic rings. The molecule has 0 bridgehead atoms. The molecule has 4 nitrogen and oxygen atoms in total.